The van der Waals surface area contributed by atoms with E-state index in [1.54, 1.807) is 12.4 Å². The van der Waals surface area contributed by atoms with E-state index in [2.05, 4.69) is 42.7 Å². The van der Waals surface area contributed by atoms with Gasteiger partial charge in [0.05, 0.1) is 42.7 Å². The van der Waals surface area contributed by atoms with Gasteiger partial charge in [-0.1, -0.05) is 6.07 Å². The van der Waals surface area contributed by atoms with Crippen molar-refractivity contribution in [1.82, 2.24) is 29.5 Å². The first kappa shape index (κ1) is 18.9. The number of pyridine rings is 1. The highest BCUT2D eigenvalue weighted by molar-refractivity contribution is 5.81. The number of nitrogens with zero attached hydrogens (tertiary/aromatic N) is 6. The Kier molecular flexibility index (Phi) is 5.02. The SMILES string of the molecule is CCOc1cncc(-c2nnc3c(C)nc4ccc(CN5CCOCC5)cc4n23)c1. The van der Waals surface area contributed by atoms with Gasteiger partial charge in [-0.2, -0.15) is 0 Å². The second-order valence-corrected chi connectivity index (χ2v) is 7.43. The minimum atomic E-state index is 0.586. The maximum Gasteiger partial charge on any atom is 0.183 e. The number of fused-ring (bicyclic) bond motifs is 3. The molecule has 0 radical (unpaired) electrons. The van der Waals surface area contributed by atoms with Crippen molar-refractivity contribution in [3.8, 4) is 17.1 Å². The molecule has 1 aliphatic heterocycles. The molecule has 0 amide bonds. The number of hydrogen-bond donors (Lipinski definition) is 0. The van der Waals surface area contributed by atoms with Crippen LogP contribution >= 0.6 is 0 Å². The number of aryl methyl sites for hydroxylation is 1. The molecule has 1 saturated heterocycles. The average Bonchev–Trinajstić information content (AvgIpc) is 3.22. The molecule has 1 aromatic carbocycles. The van der Waals surface area contributed by atoms with Gasteiger partial charge in [-0.15, -0.1) is 10.2 Å². The Labute approximate surface area is 174 Å². The second kappa shape index (κ2) is 7.97. The summed E-state index contributed by atoms with van der Waals surface area (Å²) in [4.78, 5) is 11.5. The topological polar surface area (TPSA) is 77.7 Å². The van der Waals surface area contributed by atoms with Gasteiger partial charge in [-0.25, -0.2) is 4.98 Å². The molecule has 30 heavy (non-hydrogen) atoms. The van der Waals surface area contributed by atoms with Crippen LogP contribution in [0.15, 0.2) is 36.7 Å². The van der Waals surface area contributed by atoms with Crippen molar-refractivity contribution < 1.29 is 9.47 Å². The third-order valence-corrected chi connectivity index (χ3v) is 5.35. The lowest BCUT2D eigenvalue weighted by atomic mass is 10.1. The Balaban J connectivity index is 1.64. The first-order chi connectivity index (χ1) is 14.7. The molecule has 3 aromatic heterocycles. The molecule has 1 aliphatic rings. The summed E-state index contributed by atoms with van der Waals surface area (Å²) in [7, 11) is 0. The van der Waals surface area contributed by atoms with Crippen LogP contribution in [0.1, 0.15) is 18.2 Å². The molecule has 5 rings (SSSR count). The number of ether oxygens (including phenoxy) is 2. The van der Waals surface area contributed by atoms with Gasteiger partial charge in [0.15, 0.2) is 11.5 Å². The lowest BCUT2D eigenvalue weighted by Gasteiger charge is -2.26. The van der Waals surface area contributed by atoms with E-state index in [-0.39, 0.29) is 0 Å². The van der Waals surface area contributed by atoms with Crippen LogP contribution in [0, 0.1) is 6.92 Å². The molecule has 0 atom stereocenters. The maximum absolute atomic E-state index is 5.62. The van der Waals surface area contributed by atoms with Crippen molar-refractivity contribution in [3.63, 3.8) is 0 Å². The summed E-state index contributed by atoms with van der Waals surface area (Å²) in [6.45, 7) is 8.87. The lowest BCUT2D eigenvalue weighted by Crippen LogP contribution is -2.35. The third kappa shape index (κ3) is 3.48. The van der Waals surface area contributed by atoms with Crippen molar-refractivity contribution >= 4 is 16.7 Å². The maximum atomic E-state index is 5.62. The fourth-order valence-electron chi connectivity index (χ4n) is 3.91. The van der Waals surface area contributed by atoms with Gasteiger partial charge in [0, 0.05) is 31.4 Å². The molecule has 0 aliphatic carbocycles. The lowest BCUT2D eigenvalue weighted by molar-refractivity contribution is 0.0342. The molecule has 0 saturated carbocycles. The summed E-state index contributed by atoms with van der Waals surface area (Å²) >= 11 is 0. The third-order valence-electron chi connectivity index (χ3n) is 5.35. The minimum absolute atomic E-state index is 0.586. The highest BCUT2D eigenvalue weighted by Crippen LogP contribution is 2.27. The quantitative estimate of drug-likeness (QED) is 0.506. The highest BCUT2D eigenvalue weighted by atomic mass is 16.5. The van der Waals surface area contributed by atoms with Crippen LogP contribution in [0.3, 0.4) is 0 Å². The normalized spacial score (nSPS) is 15.1. The largest absolute Gasteiger partial charge is 0.492 e. The van der Waals surface area contributed by atoms with Crippen LogP contribution in [0.2, 0.25) is 0 Å². The second-order valence-electron chi connectivity index (χ2n) is 7.43. The predicted molar refractivity (Wildman–Crippen MR) is 114 cm³/mol. The van der Waals surface area contributed by atoms with E-state index in [0.717, 1.165) is 72.4 Å². The molecule has 154 valence electrons. The van der Waals surface area contributed by atoms with Gasteiger partial charge in [0.2, 0.25) is 0 Å². The summed E-state index contributed by atoms with van der Waals surface area (Å²) in [5, 5.41) is 8.89. The molecule has 4 aromatic rings. The molecule has 4 heterocycles. The fraction of sp³-hybridized carbons (Fsp3) is 0.364. The summed E-state index contributed by atoms with van der Waals surface area (Å²) in [5.74, 6) is 1.45. The smallest absolute Gasteiger partial charge is 0.183 e. The number of aromatic nitrogens is 5. The molecule has 1 fully saturated rings. The summed E-state index contributed by atoms with van der Waals surface area (Å²) < 4.78 is 13.2. The van der Waals surface area contributed by atoms with Gasteiger partial charge in [-0.05, 0) is 37.6 Å². The zero-order valence-electron chi connectivity index (χ0n) is 17.2. The average molecular weight is 404 g/mol. The standard InChI is InChI=1S/C22H24N6O2/c1-3-30-18-11-17(12-23-13-18)22-26-25-21-15(2)24-19-5-4-16(10-20(19)28(21)22)14-27-6-8-29-9-7-27/h4-5,10-13H,3,6-9,14H2,1-2H3. The van der Waals surface area contributed by atoms with E-state index in [1.165, 1.54) is 5.56 Å². The summed E-state index contributed by atoms with van der Waals surface area (Å²) in [6, 6.07) is 8.37. The monoisotopic (exact) mass is 404 g/mol. The van der Waals surface area contributed by atoms with E-state index in [9.17, 15) is 0 Å². The Morgan fingerprint density at radius 2 is 1.97 bits per heavy atom. The molecule has 0 spiro atoms. The van der Waals surface area contributed by atoms with Crippen molar-refractivity contribution in [2.45, 2.75) is 20.4 Å². The Morgan fingerprint density at radius 3 is 2.80 bits per heavy atom. The Hall–Kier alpha value is -3.10. The van der Waals surface area contributed by atoms with Gasteiger partial charge < -0.3 is 9.47 Å². The van der Waals surface area contributed by atoms with Crippen molar-refractivity contribution in [2.75, 3.05) is 32.9 Å². The van der Waals surface area contributed by atoms with E-state index in [4.69, 9.17) is 14.5 Å². The summed E-state index contributed by atoms with van der Waals surface area (Å²) in [5.41, 5.74) is 5.60. The molecular formula is C22H24N6O2. The first-order valence-electron chi connectivity index (χ1n) is 10.3. The highest BCUT2D eigenvalue weighted by Gasteiger charge is 2.17. The van der Waals surface area contributed by atoms with Crippen molar-refractivity contribution in [2.24, 2.45) is 0 Å². The van der Waals surface area contributed by atoms with E-state index < -0.39 is 0 Å². The van der Waals surface area contributed by atoms with Gasteiger partial charge in [-0.3, -0.25) is 14.3 Å². The zero-order valence-corrected chi connectivity index (χ0v) is 17.2. The van der Waals surface area contributed by atoms with Gasteiger partial charge in [0.1, 0.15) is 5.75 Å². The zero-order chi connectivity index (χ0) is 20.5. The van der Waals surface area contributed by atoms with Crippen LogP contribution in [-0.2, 0) is 11.3 Å². The molecule has 8 nitrogen and oxygen atoms in total. The van der Waals surface area contributed by atoms with Crippen LogP contribution in [0.4, 0.5) is 0 Å². The Bertz CT molecular complexity index is 1200. The van der Waals surface area contributed by atoms with E-state index >= 15 is 0 Å². The van der Waals surface area contributed by atoms with Crippen LogP contribution in [0.5, 0.6) is 5.75 Å². The number of morpholine rings is 1. The fourth-order valence-corrected chi connectivity index (χ4v) is 3.91. The first-order valence-corrected chi connectivity index (χ1v) is 10.3. The van der Waals surface area contributed by atoms with Crippen molar-refractivity contribution in [3.05, 3.63) is 47.9 Å². The number of benzene rings is 1. The molecule has 0 bridgehead atoms. The summed E-state index contributed by atoms with van der Waals surface area (Å²) in [6.07, 6.45) is 3.50. The Morgan fingerprint density at radius 1 is 1.10 bits per heavy atom. The van der Waals surface area contributed by atoms with Gasteiger partial charge in [0.25, 0.3) is 0 Å². The molecule has 8 heteroatoms. The van der Waals surface area contributed by atoms with Gasteiger partial charge >= 0.3 is 0 Å². The predicted octanol–water partition coefficient (Wildman–Crippen LogP) is 2.88. The number of hydrogen-bond acceptors (Lipinski definition) is 7. The van der Waals surface area contributed by atoms with Crippen LogP contribution in [0.25, 0.3) is 28.1 Å². The van der Waals surface area contributed by atoms with Crippen LogP contribution < -0.4 is 4.74 Å². The van der Waals surface area contributed by atoms with Crippen molar-refractivity contribution in [1.29, 1.82) is 0 Å². The van der Waals surface area contributed by atoms with E-state index in [1.807, 2.05) is 19.9 Å². The molecular weight excluding hydrogens is 380 g/mol. The van der Waals surface area contributed by atoms with Crippen LogP contribution in [-0.4, -0.2) is 62.4 Å². The minimum Gasteiger partial charge on any atom is -0.492 e. The van der Waals surface area contributed by atoms with E-state index in [0.29, 0.717) is 6.61 Å². The molecule has 0 N–H and O–H groups in total. The number of rotatable bonds is 5. The molecule has 0 unspecified atom stereocenters.